The Balaban J connectivity index is 2.15. The van der Waals surface area contributed by atoms with Gasteiger partial charge in [-0.05, 0) is 30.5 Å². The molecule has 0 radical (unpaired) electrons. The average molecular weight is 237 g/mol. The Bertz CT molecular complexity index is 708. The first kappa shape index (κ1) is 9.37. The number of benzene rings is 1. The van der Waals surface area contributed by atoms with Gasteiger partial charge in [0.15, 0.2) is 0 Å². The number of hydrogen-bond donors (Lipinski definition) is 0. The van der Waals surface area contributed by atoms with E-state index in [4.69, 9.17) is 4.98 Å². The third-order valence-electron chi connectivity index (χ3n) is 3.40. The third-order valence-corrected chi connectivity index (χ3v) is 4.39. The van der Waals surface area contributed by atoms with Gasteiger partial charge in [0, 0.05) is 21.2 Å². The molecule has 0 unspecified atom stereocenters. The van der Waals surface area contributed by atoms with Gasteiger partial charge >= 0.3 is 0 Å². The summed E-state index contributed by atoms with van der Waals surface area (Å²) in [5.74, 6) is 0. The second kappa shape index (κ2) is 3.41. The van der Waals surface area contributed by atoms with Crippen molar-refractivity contribution < 1.29 is 0 Å². The van der Waals surface area contributed by atoms with Gasteiger partial charge in [0.05, 0.1) is 11.2 Å². The van der Waals surface area contributed by atoms with E-state index in [1.807, 2.05) is 11.3 Å². The standard InChI is InChI=1S/C15H11NS/c1-3-7-13-10(5-1)12-9-17-14-8-4-2-6-11(14)15(12)16-13/h1,3-5,7-9H,2,6H2. The van der Waals surface area contributed by atoms with E-state index in [2.05, 4.69) is 41.8 Å². The van der Waals surface area contributed by atoms with Crippen molar-refractivity contribution in [2.45, 2.75) is 12.8 Å². The number of rotatable bonds is 0. The molecule has 2 heteroatoms. The molecule has 0 amide bonds. The predicted octanol–water partition coefficient (Wildman–Crippen LogP) is 4.36. The topological polar surface area (TPSA) is 12.9 Å². The Morgan fingerprint density at radius 3 is 3.12 bits per heavy atom. The van der Waals surface area contributed by atoms with Crippen molar-refractivity contribution in [1.29, 1.82) is 0 Å². The highest BCUT2D eigenvalue weighted by Gasteiger charge is 2.19. The van der Waals surface area contributed by atoms with Gasteiger partial charge in [-0.15, -0.1) is 11.3 Å². The fraction of sp³-hybridized carbons (Fsp3) is 0.133. The number of para-hydroxylation sites is 1. The minimum Gasteiger partial charge on any atom is -0.247 e. The zero-order valence-corrected chi connectivity index (χ0v) is 10.1. The Labute approximate surface area is 104 Å². The lowest BCUT2D eigenvalue weighted by molar-refractivity contribution is 0.989. The van der Waals surface area contributed by atoms with Crippen LogP contribution in [0.15, 0.2) is 35.7 Å². The second-order valence-corrected chi connectivity index (χ2v) is 5.32. The Morgan fingerprint density at radius 1 is 1.18 bits per heavy atom. The van der Waals surface area contributed by atoms with Crippen molar-refractivity contribution >= 4 is 28.3 Å². The minimum atomic E-state index is 1.12. The molecular weight excluding hydrogens is 226 g/mol. The molecule has 0 fully saturated rings. The highest BCUT2D eigenvalue weighted by molar-refractivity contribution is 7.11. The summed E-state index contributed by atoms with van der Waals surface area (Å²) < 4.78 is 0. The lowest BCUT2D eigenvalue weighted by atomic mass is 9.99. The first-order chi connectivity index (χ1) is 8.43. The van der Waals surface area contributed by atoms with Crippen LogP contribution >= 0.6 is 11.3 Å². The maximum absolute atomic E-state index is 4.80. The van der Waals surface area contributed by atoms with Crippen LogP contribution in [0.1, 0.15) is 16.9 Å². The van der Waals surface area contributed by atoms with Gasteiger partial charge in [-0.3, -0.25) is 0 Å². The van der Waals surface area contributed by atoms with Crippen LogP contribution in [-0.4, -0.2) is 4.98 Å². The van der Waals surface area contributed by atoms with E-state index in [0.29, 0.717) is 0 Å². The van der Waals surface area contributed by atoms with Gasteiger partial charge in [-0.25, -0.2) is 4.98 Å². The zero-order chi connectivity index (χ0) is 11.2. The summed E-state index contributed by atoms with van der Waals surface area (Å²) in [5.41, 5.74) is 5.09. The number of fused-ring (bicyclic) bond motifs is 5. The van der Waals surface area contributed by atoms with Crippen molar-refractivity contribution in [2.75, 3.05) is 0 Å². The van der Waals surface area contributed by atoms with Crippen LogP contribution < -0.4 is 0 Å². The Hall–Kier alpha value is -1.67. The molecule has 1 aromatic rings. The molecule has 1 aliphatic carbocycles. The van der Waals surface area contributed by atoms with Crippen LogP contribution in [0.3, 0.4) is 0 Å². The molecule has 0 spiro atoms. The molecule has 17 heavy (non-hydrogen) atoms. The van der Waals surface area contributed by atoms with Gasteiger partial charge in [0.25, 0.3) is 0 Å². The van der Waals surface area contributed by atoms with E-state index < -0.39 is 0 Å². The van der Waals surface area contributed by atoms with Gasteiger partial charge < -0.3 is 0 Å². The van der Waals surface area contributed by atoms with Crippen molar-refractivity contribution in [3.05, 3.63) is 46.2 Å². The summed E-state index contributed by atoms with van der Waals surface area (Å²) in [6.07, 6.45) is 6.76. The van der Waals surface area contributed by atoms with Gasteiger partial charge in [-0.1, -0.05) is 24.3 Å². The highest BCUT2D eigenvalue weighted by atomic mass is 32.1. The summed E-state index contributed by atoms with van der Waals surface area (Å²) >= 11 is 1.84. The van der Waals surface area contributed by atoms with E-state index >= 15 is 0 Å². The monoisotopic (exact) mass is 237 g/mol. The Kier molecular flexibility index (Phi) is 1.88. The summed E-state index contributed by atoms with van der Waals surface area (Å²) in [4.78, 5) is 6.18. The highest BCUT2D eigenvalue weighted by Crippen LogP contribution is 2.39. The zero-order valence-electron chi connectivity index (χ0n) is 9.31. The maximum atomic E-state index is 4.80. The van der Waals surface area contributed by atoms with Crippen molar-refractivity contribution in [3.63, 3.8) is 0 Å². The third kappa shape index (κ3) is 1.28. The first-order valence-electron chi connectivity index (χ1n) is 5.89. The average Bonchev–Trinajstić information content (AvgIpc) is 2.78. The molecule has 0 N–H and O–H groups in total. The van der Waals surface area contributed by atoms with E-state index in [1.54, 1.807) is 0 Å². The number of allylic oxidation sites excluding steroid dienone is 1. The number of aromatic nitrogens is 1. The SMILES string of the molecule is C1=Cc2scc3c4ccccc4nc-3c2CC1. The summed E-state index contributed by atoms with van der Waals surface area (Å²) in [6.45, 7) is 0. The smallest absolute Gasteiger partial charge is 0.0770 e. The van der Waals surface area contributed by atoms with E-state index in [-0.39, 0.29) is 0 Å². The fourth-order valence-corrected chi connectivity index (χ4v) is 3.57. The predicted molar refractivity (Wildman–Crippen MR) is 73.6 cm³/mol. The van der Waals surface area contributed by atoms with Gasteiger partial charge in [-0.2, -0.15) is 0 Å². The molecule has 4 rings (SSSR count). The summed E-state index contributed by atoms with van der Waals surface area (Å²) in [5, 5.41) is 3.54. The molecule has 2 aliphatic heterocycles. The quantitative estimate of drug-likeness (QED) is 0.566. The molecule has 0 bridgehead atoms. The van der Waals surface area contributed by atoms with E-state index in [9.17, 15) is 0 Å². The molecular formula is C15H11NS. The molecule has 0 saturated heterocycles. The number of hydrogen-bond acceptors (Lipinski definition) is 2. The van der Waals surface area contributed by atoms with Gasteiger partial charge in [0.1, 0.15) is 0 Å². The van der Waals surface area contributed by atoms with Crippen molar-refractivity contribution in [1.82, 2.24) is 4.98 Å². The van der Waals surface area contributed by atoms with E-state index in [0.717, 1.165) is 18.4 Å². The van der Waals surface area contributed by atoms with Crippen LogP contribution in [0.2, 0.25) is 0 Å². The molecule has 0 atom stereocenters. The van der Waals surface area contributed by atoms with Crippen LogP contribution in [0.4, 0.5) is 0 Å². The van der Waals surface area contributed by atoms with Gasteiger partial charge in [0.2, 0.25) is 0 Å². The minimum absolute atomic E-state index is 1.12. The molecule has 0 aromatic heterocycles. The molecule has 82 valence electrons. The molecule has 3 aliphatic rings. The van der Waals surface area contributed by atoms with Crippen LogP contribution in [0, 0.1) is 0 Å². The van der Waals surface area contributed by atoms with E-state index in [1.165, 1.54) is 27.1 Å². The molecule has 2 heterocycles. The van der Waals surface area contributed by atoms with Crippen molar-refractivity contribution in [2.24, 2.45) is 0 Å². The fourth-order valence-electron chi connectivity index (χ4n) is 2.57. The Morgan fingerprint density at radius 2 is 2.12 bits per heavy atom. The lowest BCUT2D eigenvalue weighted by Gasteiger charge is -2.12. The lowest BCUT2D eigenvalue weighted by Crippen LogP contribution is -1.96. The summed E-state index contributed by atoms with van der Waals surface area (Å²) in [7, 11) is 0. The van der Waals surface area contributed by atoms with Crippen LogP contribution in [-0.2, 0) is 6.42 Å². The van der Waals surface area contributed by atoms with Crippen LogP contribution in [0.5, 0.6) is 0 Å². The molecule has 0 saturated carbocycles. The van der Waals surface area contributed by atoms with Crippen LogP contribution in [0.25, 0.3) is 28.2 Å². The largest absolute Gasteiger partial charge is 0.247 e. The first-order valence-corrected chi connectivity index (χ1v) is 6.77. The second-order valence-electron chi connectivity index (χ2n) is 4.41. The normalized spacial score (nSPS) is 14.4. The maximum Gasteiger partial charge on any atom is 0.0770 e. The number of nitrogens with zero attached hydrogens (tertiary/aromatic N) is 1. The molecule has 1 aromatic carbocycles. The summed E-state index contributed by atoms with van der Waals surface area (Å²) in [6, 6.07) is 8.42. The molecule has 1 nitrogen and oxygen atoms in total. The van der Waals surface area contributed by atoms with Crippen molar-refractivity contribution in [3.8, 4) is 11.3 Å².